The summed E-state index contributed by atoms with van der Waals surface area (Å²) in [5.41, 5.74) is 0.641. The molecule has 0 fully saturated rings. The summed E-state index contributed by atoms with van der Waals surface area (Å²) in [4.78, 5) is 24.6. The van der Waals surface area contributed by atoms with Gasteiger partial charge in [0.05, 0.1) is 27.0 Å². The first-order valence-electron chi connectivity index (χ1n) is 5.56. The number of amides is 1. The summed E-state index contributed by atoms with van der Waals surface area (Å²) in [6.07, 6.45) is 0. The number of thiophene rings is 1. The number of carbonyl (C=O) groups is 2. The number of methoxy groups -OCH3 is 1. The largest absolute Gasteiger partial charge is 0.465 e. The number of esters is 1. The maximum Gasteiger partial charge on any atom is 0.340 e. The molecule has 0 saturated heterocycles. The van der Waals surface area contributed by atoms with E-state index in [-0.39, 0.29) is 11.5 Å². The first kappa shape index (κ1) is 16.7. The van der Waals surface area contributed by atoms with Crippen LogP contribution in [0.1, 0.15) is 20.0 Å². The Morgan fingerprint density at radius 3 is 2.48 bits per heavy atom. The fourth-order valence-electron chi connectivity index (χ4n) is 1.58. The van der Waals surface area contributed by atoms with Crippen LogP contribution in [0.4, 0.5) is 5.69 Å². The molecule has 0 aliphatic heterocycles. The fourth-order valence-corrected chi connectivity index (χ4v) is 4.19. The van der Waals surface area contributed by atoms with Crippen LogP contribution in [-0.2, 0) is 4.74 Å². The van der Waals surface area contributed by atoms with E-state index < -0.39 is 5.97 Å². The third kappa shape index (κ3) is 3.94. The van der Waals surface area contributed by atoms with Crippen LogP contribution in [0, 0.1) is 0 Å². The van der Waals surface area contributed by atoms with Gasteiger partial charge in [0.2, 0.25) is 0 Å². The van der Waals surface area contributed by atoms with Crippen molar-refractivity contribution in [3.63, 3.8) is 0 Å². The number of carbonyl (C=O) groups excluding carboxylic acids is 2. The number of ether oxygens (including phenoxy) is 1. The lowest BCUT2D eigenvalue weighted by Crippen LogP contribution is -2.15. The van der Waals surface area contributed by atoms with Crippen LogP contribution in [0.2, 0.25) is 0 Å². The number of halogens is 3. The summed E-state index contributed by atoms with van der Waals surface area (Å²) >= 11 is 11.3. The Morgan fingerprint density at radius 1 is 1.19 bits per heavy atom. The highest BCUT2D eigenvalue weighted by Crippen LogP contribution is 2.32. The Hall–Kier alpha value is -0.700. The zero-order valence-electron chi connectivity index (χ0n) is 10.6. The third-order valence-electron chi connectivity index (χ3n) is 2.50. The number of hydrogen-bond donors (Lipinski definition) is 1. The van der Waals surface area contributed by atoms with E-state index in [1.54, 1.807) is 24.3 Å². The summed E-state index contributed by atoms with van der Waals surface area (Å²) in [5, 5.41) is 2.73. The molecule has 1 aromatic heterocycles. The molecule has 8 heteroatoms. The van der Waals surface area contributed by atoms with Gasteiger partial charge >= 0.3 is 5.97 Å². The molecule has 1 heterocycles. The number of anilines is 1. The molecule has 110 valence electrons. The number of rotatable bonds is 3. The van der Waals surface area contributed by atoms with Crippen LogP contribution in [0.3, 0.4) is 0 Å². The van der Waals surface area contributed by atoms with Gasteiger partial charge in [0.25, 0.3) is 5.91 Å². The summed E-state index contributed by atoms with van der Waals surface area (Å²) in [5.74, 6) is -0.821. The third-order valence-corrected chi connectivity index (χ3v) is 5.20. The molecule has 0 aliphatic rings. The zero-order chi connectivity index (χ0) is 15.6. The minimum Gasteiger partial charge on any atom is -0.465 e. The van der Waals surface area contributed by atoms with E-state index in [1.165, 1.54) is 18.4 Å². The smallest absolute Gasteiger partial charge is 0.340 e. The molecule has 1 amide bonds. The van der Waals surface area contributed by atoms with Crippen molar-refractivity contribution in [3.05, 3.63) is 47.4 Å². The first-order chi connectivity index (χ1) is 9.92. The maximum atomic E-state index is 12.2. The van der Waals surface area contributed by atoms with Crippen molar-refractivity contribution in [1.29, 1.82) is 0 Å². The lowest BCUT2D eigenvalue weighted by atomic mass is 10.1. The molecule has 0 atom stereocenters. The van der Waals surface area contributed by atoms with Gasteiger partial charge in [0.15, 0.2) is 0 Å². The molecule has 0 spiro atoms. The van der Waals surface area contributed by atoms with Crippen LogP contribution < -0.4 is 5.32 Å². The highest BCUT2D eigenvalue weighted by molar-refractivity contribution is 9.11. The molecule has 0 bridgehead atoms. The first-order valence-corrected chi connectivity index (χ1v) is 8.76. The molecule has 1 N–H and O–H groups in total. The van der Waals surface area contributed by atoms with E-state index in [2.05, 4.69) is 53.1 Å². The fraction of sp³-hybridized carbons (Fsp3) is 0.0769. The molecule has 0 aliphatic carbocycles. The average Bonchev–Trinajstić information content (AvgIpc) is 2.87. The van der Waals surface area contributed by atoms with Gasteiger partial charge in [-0.25, -0.2) is 4.79 Å². The molecule has 0 unspecified atom stereocenters. The summed E-state index contributed by atoms with van der Waals surface area (Å²) in [6, 6.07) is 6.83. The number of nitrogens with one attached hydrogen (secondary N) is 1. The van der Waals surface area contributed by atoms with Crippen molar-refractivity contribution in [2.45, 2.75) is 0 Å². The van der Waals surface area contributed by atoms with Crippen LogP contribution in [0.15, 0.2) is 37.0 Å². The van der Waals surface area contributed by atoms with E-state index in [4.69, 9.17) is 4.74 Å². The second-order valence-electron chi connectivity index (χ2n) is 3.86. The molecule has 4 nitrogen and oxygen atoms in total. The SMILES string of the molecule is COC(=O)c1cc(Br)cc(Br)c1NC(=O)c1ccc(Br)s1. The minimum atomic E-state index is -0.528. The van der Waals surface area contributed by atoms with Crippen LogP contribution in [0.5, 0.6) is 0 Å². The Balaban J connectivity index is 2.39. The van der Waals surface area contributed by atoms with Gasteiger partial charge < -0.3 is 10.1 Å². The lowest BCUT2D eigenvalue weighted by molar-refractivity contribution is 0.0602. The van der Waals surface area contributed by atoms with Crippen molar-refractivity contribution in [2.75, 3.05) is 12.4 Å². The van der Waals surface area contributed by atoms with Crippen LogP contribution >= 0.6 is 59.1 Å². The lowest BCUT2D eigenvalue weighted by Gasteiger charge is -2.12. The second kappa shape index (κ2) is 7.04. The average molecular weight is 498 g/mol. The van der Waals surface area contributed by atoms with Gasteiger partial charge in [-0.15, -0.1) is 11.3 Å². The molecule has 0 radical (unpaired) electrons. The predicted molar refractivity (Wildman–Crippen MR) is 93.2 cm³/mol. The minimum absolute atomic E-state index is 0.266. The van der Waals surface area contributed by atoms with E-state index in [0.29, 0.717) is 19.5 Å². The van der Waals surface area contributed by atoms with Gasteiger partial charge in [-0.05, 0) is 56.1 Å². The Labute approximate surface area is 150 Å². The van der Waals surface area contributed by atoms with Crippen molar-refractivity contribution in [3.8, 4) is 0 Å². The van der Waals surface area contributed by atoms with Gasteiger partial charge in [0, 0.05) is 8.95 Å². The second-order valence-corrected chi connectivity index (χ2v) is 8.09. The maximum absolute atomic E-state index is 12.2. The van der Waals surface area contributed by atoms with Crippen LogP contribution in [-0.4, -0.2) is 19.0 Å². The van der Waals surface area contributed by atoms with Gasteiger partial charge in [-0.1, -0.05) is 15.9 Å². The van der Waals surface area contributed by atoms with Crippen molar-refractivity contribution in [2.24, 2.45) is 0 Å². The quantitative estimate of drug-likeness (QED) is 0.602. The van der Waals surface area contributed by atoms with Crippen LogP contribution in [0.25, 0.3) is 0 Å². The number of hydrogen-bond acceptors (Lipinski definition) is 4. The Bertz CT molecular complexity index is 715. The molecule has 21 heavy (non-hydrogen) atoms. The normalized spacial score (nSPS) is 10.3. The van der Waals surface area contributed by atoms with E-state index in [9.17, 15) is 9.59 Å². The molecule has 1 aromatic carbocycles. The van der Waals surface area contributed by atoms with Gasteiger partial charge in [-0.3, -0.25) is 4.79 Å². The molecule has 2 rings (SSSR count). The van der Waals surface area contributed by atoms with Gasteiger partial charge in [-0.2, -0.15) is 0 Å². The summed E-state index contributed by atoms with van der Waals surface area (Å²) < 4.78 is 6.88. The van der Waals surface area contributed by atoms with Gasteiger partial charge in [0.1, 0.15) is 0 Å². The molecular formula is C13H8Br3NO3S. The zero-order valence-corrected chi connectivity index (χ0v) is 16.2. The number of benzene rings is 1. The van der Waals surface area contributed by atoms with Crippen molar-refractivity contribution in [1.82, 2.24) is 0 Å². The standard InChI is InChI=1S/C13H8Br3NO3S/c1-20-13(19)7-4-6(14)5-8(15)11(7)17-12(18)9-2-3-10(16)21-9/h2-5H,1H3,(H,17,18). The van der Waals surface area contributed by atoms with E-state index in [0.717, 1.165) is 3.79 Å². The van der Waals surface area contributed by atoms with E-state index >= 15 is 0 Å². The van der Waals surface area contributed by atoms with Crippen molar-refractivity contribution >= 4 is 76.7 Å². The van der Waals surface area contributed by atoms with Crippen molar-refractivity contribution < 1.29 is 14.3 Å². The highest BCUT2D eigenvalue weighted by Gasteiger charge is 2.19. The van der Waals surface area contributed by atoms with E-state index in [1.807, 2.05) is 0 Å². The molecule has 2 aromatic rings. The topological polar surface area (TPSA) is 55.4 Å². The highest BCUT2D eigenvalue weighted by atomic mass is 79.9. The molecule has 0 saturated carbocycles. The Morgan fingerprint density at radius 2 is 1.90 bits per heavy atom. The summed E-state index contributed by atoms with van der Waals surface area (Å²) in [7, 11) is 1.29. The summed E-state index contributed by atoms with van der Waals surface area (Å²) in [6.45, 7) is 0. The Kier molecular flexibility index (Phi) is 5.59. The molecular weight excluding hydrogens is 490 g/mol. The monoisotopic (exact) mass is 495 g/mol. The predicted octanol–water partition coefficient (Wildman–Crippen LogP) is 5.07.